The van der Waals surface area contributed by atoms with Crippen LogP contribution in [-0.2, 0) is 11.3 Å². The molecule has 1 aromatic carbocycles. The fourth-order valence-corrected chi connectivity index (χ4v) is 2.41. The summed E-state index contributed by atoms with van der Waals surface area (Å²) in [5.74, 6) is -0.349. The fourth-order valence-electron chi connectivity index (χ4n) is 1.68. The van der Waals surface area contributed by atoms with Gasteiger partial charge in [0, 0.05) is 17.8 Å². The van der Waals surface area contributed by atoms with E-state index in [1.165, 1.54) is 12.1 Å². The highest BCUT2D eigenvalue weighted by Gasteiger charge is 2.07. The van der Waals surface area contributed by atoms with E-state index < -0.39 is 0 Å². The van der Waals surface area contributed by atoms with Crippen molar-refractivity contribution in [3.8, 4) is 0 Å². The molecule has 2 rings (SSSR count). The summed E-state index contributed by atoms with van der Waals surface area (Å²) in [7, 11) is 0. The number of amides is 1. The maximum atomic E-state index is 12.8. The Labute approximate surface area is 131 Å². The van der Waals surface area contributed by atoms with Gasteiger partial charge in [0.15, 0.2) is 5.16 Å². The van der Waals surface area contributed by atoms with Crippen molar-refractivity contribution in [2.45, 2.75) is 25.5 Å². The van der Waals surface area contributed by atoms with Crippen LogP contribution in [0.3, 0.4) is 0 Å². The molecule has 1 aromatic heterocycles. The SMILES string of the molecule is Cc1nc(SCC(=O)NCc2ccc(F)cc2)[nH]c(=O)c1C. The van der Waals surface area contributed by atoms with Gasteiger partial charge in [-0.3, -0.25) is 9.59 Å². The Morgan fingerprint density at radius 1 is 1.32 bits per heavy atom. The number of nitrogens with zero attached hydrogens (tertiary/aromatic N) is 1. The molecule has 2 aromatic rings. The van der Waals surface area contributed by atoms with E-state index in [-0.39, 0.29) is 23.0 Å². The molecule has 0 aliphatic rings. The van der Waals surface area contributed by atoms with Gasteiger partial charge in [-0.1, -0.05) is 23.9 Å². The van der Waals surface area contributed by atoms with E-state index in [0.29, 0.717) is 23.0 Å². The first-order chi connectivity index (χ1) is 10.5. The number of hydrogen-bond acceptors (Lipinski definition) is 4. The Hall–Kier alpha value is -2.15. The topological polar surface area (TPSA) is 74.8 Å². The normalized spacial score (nSPS) is 10.5. The predicted octanol–water partition coefficient (Wildman–Crippen LogP) is 1.93. The highest BCUT2D eigenvalue weighted by atomic mass is 32.2. The quantitative estimate of drug-likeness (QED) is 0.652. The third-order valence-corrected chi connectivity index (χ3v) is 3.99. The van der Waals surface area contributed by atoms with Gasteiger partial charge >= 0.3 is 0 Å². The Bertz CT molecular complexity index is 729. The molecular weight excluding hydrogens is 305 g/mol. The van der Waals surface area contributed by atoms with Crippen molar-refractivity contribution in [3.05, 3.63) is 57.3 Å². The summed E-state index contributed by atoms with van der Waals surface area (Å²) in [6, 6.07) is 5.93. The van der Waals surface area contributed by atoms with E-state index in [2.05, 4.69) is 15.3 Å². The number of nitrogens with one attached hydrogen (secondary N) is 2. The van der Waals surface area contributed by atoms with Crippen LogP contribution in [0.15, 0.2) is 34.2 Å². The Morgan fingerprint density at radius 3 is 2.64 bits per heavy atom. The zero-order chi connectivity index (χ0) is 16.1. The van der Waals surface area contributed by atoms with E-state index in [1.807, 2.05) is 0 Å². The molecule has 116 valence electrons. The summed E-state index contributed by atoms with van der Waals surface area (Å²) in [6.07, 6.45) is 0. The molecule has 0 radical (unpaired) electrons. The van der Waals surface area contributed by atoms with Crippen LogP contribution in [0.5, 0.6) is 0 Å². The van der Waals surface area contributed by atoms with Crippen molar-refractivity contribution in [2.75, 3.05) is 5.75 Å². The van der Waals surface area contributed by atoms with Gasteiger partial charge in [0.1, 0.15) is 5.82 Å². The van der Waals surface area contributed by atoms with Crippen LogP contribution in [-0.4, -0.2) is 21.6 Å². The van der Waals surface area contributed by atoms with Crippen LogP contribution >= 0.6 is 11.8 Å². The second-order valence-corrected chi connectivity index (χ2v) is 5.74. The summed E-state index contributed by atoms with van der Waals surface area (Å²) in [5, 5.41) is 3.15. The molecule has 2 N–H and O–H groups in total. The second-order valence-electron chi connectivity index (χ2n) is 4.77. The number of halogens is 1. The summed E-state index contributed by atoms with van der Waals surface area (Å²) in [6.45, 7) is 3.78. The molecule has 1 heterocycles. The molecule has 1 amide bonds. The maximum absolute atomic E-state index is 12.8. The molecule has 0 spiro atoms. The lowest BCUT2D eigenvalue weighted by Crippen LogP contribution is -2.25. The molecule has 0 fully saturated rings. The summed E-state index contributed by atoms with van der Waals surface area (Å²) >= 11 is 1.16. The van der Waals surface area contributed by atoms with E-state index in [4.69, 9.17) is 0 Å². The van der Waals surface area contributed by atoms with E-state index in [0.717, 1.165) is 17.3 Å². The van der Waals surface area contributed by atoms with E-state index >= 15 is 0 Å². The molecule has 7 heteroatoms. The summed E-state index contributed by atoms with van der Waals surface area (Å²) in [4.78, 5) is 30.2. The first-order valence-electron chi connectivity index (χ1n) is 6.67. The third kappa shape index (κ3) is 4.42. The molecule has 0 aliphatic carbocycles. The lowest BCUT2D eigenvalue weighted by Gasteiger charge is -2.06. The van der Waals surface area contributed by atoms with E-state index in [1.54, 1.807) is 26.0 Å². The summed E-state index contributed by atoms with van der Waals surface area (Å²) in [5.41, 5.74) is 1.85. The van der Waals surface area contributed by atoms with Gasteiger partial charge in [0.25, 0.3) is 5.56 Å². The molecule has 0 saturated carbocycles. The molecular formula is C15H16FN3O2S. The minimum absolute atomic E-state index is 0.145. The average Bonchev–Trinajstić information content (AvgIpc) is 2.50. The number of hydrogen-bond donors (Lipinski definition) is 2. The highest BCUT2D eigenvalue weighted by Crippen LogP contribution is 2.12. The Kier molecular flexibility index (Phi) is 5.32. The standard InChI is InChI=1S/C15H16FN3O2S/c1-9-10(2)18-15(19-14(9)21)22-8-13(20)17-7-11-3-5-12(16)6-4-11/h3-6H,7-8H2,1-2H3,(H,17,20)(H,18,19,21). The molecule has 22 heavy (non-hydrogen) atoms. The molecule has 0 atom stereocenters. The zero-order valence-corrected chi connectivity index (χ0v) is 13.1. The van der Waals surface area contributed by atoms with Crippen molar-refractivity contribution in [3.63, 3.8) is 0 Å². The van der Waals surface area contributed by atoms with Crippen molar-refractivity contribution in [1.29, 1.82) is 0 Å². The summed E-state index contributed by atoms with van der Waals surface area (Å²) < 4.78 is 12.8. The van der Waals surface area contributed by atoms with Gasteiger partial charge in [0.2, 0.25) is 5.91 Å². The minimum atomic E-state index is -0.310. The Balaban J connectivity index is 1.85. The molecule has 5 nitrogen and oxygen atoms in total. The highest BCUT2D eigenvalue weighted by molar-refractivity contribution is 7.99. The number of thioether (sulfide) groups is 1. The molecule has 0 unspecified atom stereocenters. The minimum Gasteiger partial charge on any atom is -0.351 e. The van der Waals surface area contributed by atoms with Gasteiger partial charge in [-0.05, 0) is 31.5 Å². The van der Waals surface area contributed by atoms with Crippen LogP contribution in [0.25, 0.3) is 0 Å². The number of benzene rings is 1. The van der Waals surface area contributed by atoms with Gasteiger partial charge in [-0.15, -0.1) is 0 Å². The number of aromatic nitrogens is 2. The monoisotopic (exact) mass is 321 g/mol. The largest absolute Gasteiger partial charge is 0.351 e. The molecule has 0 bridgehead atoms. The number of rotatable bonds is 5. The maximum Gasteiger partial charge on any atom is 0.254 e. The van der Waals surface area contributed by atoms with Crippen LogP contribution in [0.4, 0.5) is 4.39 Å². The number of carbonyl (C=O) groups excluding carboxylic acids is 1. The number of H-pyrrole nitrogens is 1. The van der Waals surface area contributed by atoms with Crippen LogP contribution < -0.4 is 10.9 Å². The van der Waals surface area contributed by atoms with Gasteiger partial charge in [-0.2, -0.15) is 0 Å². The van der Waals surface area contributed by atoms with Crippen LogP contribution in [0, 0.1) is 19.7 Å². The van der Waals surface area contributed by atoms with Crippen LogP contribution in [0.2, 0.25) is 0 Å². The second kappa shape index (κ2) is 7.22. The third-order valence-electron chi connectivity index (χ3n) is 3.12. The average molecular weight is 321 g/mol. The van der Waals surface area contributed by atoms with Crippen molar-refractivity contribution < 1.29 is 9.18 Å². The van der Waals surface area contributed by atoms with Crippen molar-refractivity contribution >= 4 is 17.7 Å². The number of carbonyl (C=O) groups is 1. The smallest absolute Gasteiger partial charge is 0.254 e. The number of aromatic amines is 1. The van der Waals surface area contributed by atoms with Crippen molar-refractivity contribution in [2.24, 2.45) is 0 Å². The van der Waals surface area contributed by atoms with Gasteiger partial charge in [-0.25, -0.2) is 9.37 Å². The lowest BCUT2D eigenvalue weighted by molar-refractivity contribution is -0.118. The first-order valence-corrected chi connectivity index (χ1v) is 7.65. The lowest BCUT2D eigenvalue weighted by atomic mass is 10.2. The number of aryl methyl sites for hydroxylation is 1. The zero-order valence-electron chi connectivity index (χ0n) is 12.3. The predicted molar refractivity (Wildman–Crippen MR) is 83.3 cm³/mol. The molecule has 0 aliphatic heterocycles. The van der Waals surface area contributed by atoms with Crippen molar-refractivity contribution in [1.82, 2.24) is 15.3 Å². The molecule has 0 saturated heterocycles. The van der Waals surface area contributed by atoms with Crippen LogP contribution in [0.1, 0.15) is 16.8 Å². The fraction of sp³-hybridized carbons (Fsp3) is 0.267. The van der Waals surface area contributed by atoms with Gasteiger partial charge in [0.05, 0.1) is 5.75 Å². The first kappa shape index (κ1) is 16.2. The van der Waals surface area contributed by atoms with Gasteiger partial charge < -0.3 is 10.3 Å². The Morgan fingerprint density at radius 2 is 2.00 bits per heavy atom. The van der Waals surface area contributed by atoms with E-state index in [9.17, 15) is 14.0 Å².